The Morgan fingerprint density at radius 2 is 1.63 bits per heavy atom. The summed E-state index contributed by atoms with van der Waals surface area (Å²) in [4.78, 5) is 32.7. The highest BCUT2D eigenvalue weighted by molar-refractivity contribution is 6.30. The lowest BCUT2D eigenvalue weighted by Crippen LogP contribution is -2.39. The number of fused-ring (bicyclic) bond motifs is 1. The molecule has 3 aromatic rings. The molecule has 1 aliphatic rings. The minimum Gasteiger partial charge on any atom is -0.317 e. The zero-order valence-electron chi connectivity index (χ0n) is 17.9. The first kappa shape index (κ1) is 20.9. The zero-order chi connectivity index (χ0) is 21.6. The maximum atomic E-state index is 13.0. The van der Waals surface area contributed by atoms with E-state index in [1.54, 1.807) is 7.05 Å². The fraction of sp³-hybridized carbons (Fsp3) is 0.500. The summed E-state index contributed by atoms with van der Waals surface area (Å²) in [7, 11) is 3.18. The third-order valence-corrected chi connectivity index (χ3v) is 6.24. The van der Waals surface area contributed by atoms with Gasteiger partial charge in [0.25, 0.3) is 5.56 Å². The fourth-order valence-electron chi connectivity index (χ4n) is 4.68. The number of imidazole rings is 1. The molecule has 30 heavy (non-hydrogen) atoms. The maximum absolute atomic E-state index is 13.0. The summed E-state index contributed by atoms with van der Waals surface area (Å²) in [6.45, 7) is 7.71. The van der Waals surface area contributed by atoms with Crippen LogP contribution in [0.15, 0.2) is 33.9 Å². The summed E-state index contributed by atoms with van der Waals surface area (Å²) >= 11 is 6.04. The van der Waals surface area contributed by atoms with E-state index in [0.717, 1.165) is 29.0 Å². The van der Waals surface area contributed by atoms with Gasteiger partial charge >= 0.3 is 5.69 Å². The molecule has 0 radical (unpaired) electrons. The Morgan fingerprint density at radius 3 is 2.27 bits per heavy atom. The van der Waals surface area contributed by atoms with Crippen molar-refractivity contribution < 1.29 is 0 Å². The summed E-state index contributed by atoms with van der Waals surface area (Å²) in [5, 5.41) is 0.670. The summed E-state index contributed by atoms with van der Waals surface area (Å²) in [6, 6.07) is 7.60. The van der Waals surface area contributed by atoms with Crippen molar-refractivity contribution in [1.82, 2.24) is 23.6 Å². The highest BCUT2D eigenvalue weighted by atomic mass is 35.5. The van der Waals surface area contributed by atoms with E-state index in [9.17, 15) is 9.59 Å². The zero-order valence-corrected chi connectivity index (χ0v) is 18.7. The van der Waals surface area contributed by atoms with E-state index in [1.807, 2.05) is 28.8 Å². The van der Waals surface area contributed by atoms with E-state index in [1.165, 1.54) is 18.0 Å². The molecule has 3 heterocycles. The van der Waals surface area contributed by atoms with Gasteiger partial charge in [0, 0.05) is 38.8 Å². The molecule has 2 aromatic heterocycles. The minimum absolute atomic E-state index is 0.318. The summed E-state index contributed by atoms with van der Waals surface area (Å²) in [5.74, 6) is 2.06. The normalized spacial score (nSPS) is 20.2. The molecule has 4 rings (SSSR count). The number of rotatable bonds is 4. The van der Waals surface area contributed by atoms with E-state index >= 15 is 0 Å². The number of hydrogen-bond acceptors (Lipinski definition) is 4. The Bertz CT molecular complexity index is 1180. The third kappa shape index (κ3) is 3.84. The Kier molecular flexibility index (Phi) is 5.59. The molecule has 0 N–H and O–H groups in total. The first-order chi connectivity index (χ1) is 14.2. The van der Waals surface area contributed by atoms with Crippen LogP contribution in [0.5, 0.6) is 0 Å². The van der Waals surface area contributed by atoms with Crippen LogP contribution in [0, 0.1) is 11.8 Å². The smallest absolute Gasteiger partial charge is 0.317 e. The molecule has 1 saturated heterocycles. The van der Waals surface area contributed by atoms with Crippen LogP contribution in [0.3, 0.4) is 0 Å². The van der Waals surface area contributed by atoms with Crippen molar-refractivity contribution in [3.05, 3.63) is 61.5 Å². The Morgan fingerprint density at radius 1 is 1.00 bits per heavy atom. The van der Waals surface area contributed by atoms with Gasteiger partial charge in [0.15, 0.2) is 11.2 Å². The lowest BCUT2D eigenvalue weighted by atomic mass is 9.92. The number of nitrogens with zero attached hydrogens (tertiary/aromatic N) is 5. The van der Waals surface area contributed by atoms with Crippen LogP contribution in [0.4, 0.5) is 0 Å². The van der Waals surface area contributed by atoms with Crippen LogP contribution in [-0.2, 0) is 27.2 Å². The molecule has 0 saturated carbocycles. The standard InChI is InChI=1S/C22H28ClN5O2/c1-14-9-15(2)11-27(10-14)13-18-24-20-19(21(29)26(4)22(30)25(20)3)28(18)12-16-5-7-17(23)8-6-16/h5-8,14-15H,9-13H2,1-4H3/t14-,15-/m1/s1. The maximum Gasteiger partial charge on any atom is 0.332 e. The van der Waals surface area contributed by atoms with Gasteiger partial charge < -0.3 is 4.57 Å². The van der Waals surface area contributed by atoms with Crippen LogP contribution < -0.4 is 11.2 Å². The van der Waals surface area contributed by atoms with Crippen LogP contribution in [-0.4, -0.2) is 36.7 Å². The molecule has 0 spiro atoms. The SMILES string of the molecule is C[C@@H]1C[C@@H](C)CN(Cc2nc3c(c(=O)n(C)c(=O)n3C)n2Cc2ccc(Cl)cc2)C1. The molecule has 1 aliphatic heterocycles. The highest BCUT2D eigenvalue weighted by Crippen LogP contribution is 2.24. The largest absolute Gasteiger partial charge is 0.332 e. The van der Waals surface area contributed by atoms with Gasteiger partial charge in [-0.3, -0.25) is 18.8 Å². The molecule has 0 unspecified atom stereocenters. The minimum atomic E-state index is -0.365. The van der Waals surface area contributed by atoms with Crippen LogP contribution in [0.1, 0.15) is 31.7 Å². The van der Waals surface area contributed by atoms with Crippen LogP contribution >= 0.6 is 11.6 Å². The first-order valence-electron chi connectivity index (χ1n) is 10.4. The number of benzene rings is 1. The number of hydrogen-bond donors (Lipinski definition) is 0. The molecule has 2 atom stereocenters. The van der Waals surface area contributed by atoms with Gasteiger partial charge in [0.1, 0.15) is 5.82 Å². The van der Waals surface area contributed by atoms with Gasteiger partial charge in [-0.2, -0.15) is 0 Å². The molecule has 1 fully saturated rings. The van der Waals surface area contributed by atoms with Crippen molar-refractivity contribution in [2.45, 2.75) is 33.4 Å². The monoisotopic (exact) mass is 429 g/mol. The summed E-state index contributed by atoms with van der Waals surface area (Å²) in [6.07, 6.45) is 1.23. The van der Waals surface area contributed by atoms with Crippen molar-refractivity contribution >= 4 is 22.8 Å². The molecule has 0 bridgehead atoms. The number of halogens is 1. The quantitative estimate of drug-likeness (QED) is 0.639. The van der Waals surface area contributed by atoms with E-state index in [2.05, 4.69) is 18.7 Å². The molecule has 1 aromatic carbocycles. The van der Waals surface area contributed by atoms with Gasteiger partial charge in [-0.1, -0.05) is 37.6 Å². The van der Waals surface area contributed by atoms with Gasteiger partial charge in [0.2, 0.25) is 0 Å². The topological polar surface area (TPSA) is 65.1 Å². The number of aryl methyl sites for hydroxylation is 1. The Balaban J connectivity index is 1.84. The Hall–Kier alpha value is -2.38. The lowest BCUT2D eigenvalue weighted by Gasteiger charge is -2.34. The van der Waals surface area contributed by atoms with Crippen molar-refractivity contribution in [2.24, 2.45) is 25.9 Å². The molecule has 0 amide bonds. The van der Waals surface area contributed by atoms with E-state index in [4.69, 9.17) is 16.6 Å². The number of likely N-dealkylation sites (tertiary alicyclic amines) is 1. The lowest BCUT2D eigenvalue weighted by molar-refractivity contribution is 0.130. The molecule has 0 aliphatic carbocycles. The van der Waals surface area contributed by atoms with E-state index < -0.39 is 0 Å². The van der Waals surface area contributed by atoms with Crippen LogP contribution in [0.25, 0.3) is 11.2 Å². The molecule has 160 valence electrons. The van der Waals surface area contributed by atoms with Crippen molar-refractivity contribution in [3.8, 4) is 0 Å². The predicted octanol–water partition coefficient (Wildman–Crippen LogP) is 2.61. The Labute approximate surface area is 180 Å². The van der Waals surface area contributed by atoms with Crippen molar-refractivity contribution in [2.75, 3.05) is 13.1 Å². The first-order valence-corrected chi connectivity index (χ1v) is 10.7. The van der Waals surface area contributed by atoms with Crippen LogP contribution in [0.2, 0.25) is 5.02 Å². The van der Waals surface area contributed by atoms with E-state index in [0.29, 0.717) is 41.1 Å². The summed E-state index contributed by atoms with van der Waals surface area (Å²) in [5.41, 5.74) is 1.24. The molecule has 8 heteroatoms. The van der Waals surface area contributed by atoms with Gasteiger partial charge in [0.05, 0.1) is 6.54 Å². The molecular weight excluding hydrogens is 402 g/mol. The molecule has 7 nitrogen and oxygen atoms in total. The van der Waals surface area contributed by atoms with Crippen molar-refractivity contribution in [3.63, 3.8) is 0 Å². The third-order valence-electron chi connectivity index (χ3n) is 5.99. The average molecular weight is 430 g/mol. The fourth-order valence-corrected chi connectivity index (χ4v) is 4.80. The number of piperidine rings is 1. The van der Waals surface area contributed by atoms with Gasteiger partial charge in [-0.25, -0.2) is 9.78 Å². The second kappa shape index (κ2) is 8.04. The van der Waals surface area contributed by atoms with Gasteiger partial charge in [-0.05, 0) is 36.0 Å². The van der Waals surface area contributed by atoms with Gasteiger partial charge in [-0.15, -0.1) is 0 Å². The summed E-state index contributed by atoms with van der Waals surface area (Å²) < 4.78 is 4.57. The molecular formula is C22H28ClN5O2. The van der Waals surface area contributed by atoms with Crippen molar-refractivity contribution in [1.29, 1.82) is 0 Å². The highest BCUT2D eigenvalue weighted by Gasteiger charge is 2.25. The second-order valence-electron chi connectivity index (χ2n) is 8.76. The second-order valence-corrected chi connectivity index (χ2v) is 9.20. The van der Waals surface area contributed by atoms with E-state index in [-0.39, 0.29) is 11.2 Å². The predicted molar refractivity (Wildman–Crippen MR) is 119 cm³/mol. The number of aromatic nitrogens is 4. The average Bonchev–Trinajstić information content (AvgIpc) is 3.03.